The maximum atomic E-state index is 13.0. The molecule has 150 valence electrons. The maximum absolute atomic E-state index is 13.0. The number of aromatic amines is 1. The predicted molar refractivity (Wildman–Crippen MR) is 106 cm³/mol. The number of likely N-dealkylation sites (N-methyl/N-ethyl adjacent to an activating group) is 1. The number of fused-ring (bicyclic) bond motifs is 1. The van der Waals surface area contributed by atoms with Crippen LogP contribution in [0.15, 0.2) is 29.1 Å². The first kappa shape index (κ1) is 19.0. The van der Waals surface area contributed by atoms with Gasteiger partial charge in [-0.15, -0.1) is 0 Å². The summed E-state index contributed by atoms with van der Waals surface area (Å²) in [4.78, 5) is 36.8. The number of morpholine rings is 1. The highest BCUT2D eigenvalue weighted by atomic mass is 16.5. The molecule has 0 unspecified atom stereocenters. The highest BCUT2D eigenvalue weighted by molar-refractivity contribution is 5.82. The van der Waals surface area contributed by atoms with Crippen molar-refractivity contribution in [1.29, 1.82) is 0 Å². The van der Waals surface area contributed by atoms with E-state index in [0.29, 0.717) is 43.0 Å². The fourth-order valence-corrected chi connectivity index (χ4v) is 4.18. The van der Waals surface area contributed by atoms with Crippen LogP contribution >= 0.6 is 0 Å². The molecule has 2 aromatic rings. The standard InChI is InChI=1S/C20H27N5O3/c1-21-11-14-5-4-8-25(14)20(27)17-12-24(9-10-28-17)13-18-22-16-7-3-2-6-15(16)19(26)23-18/h2-3,6-7,14,17,21H,4-5,8-13H2,1H3,(H,22,23,26)/t14-,17-/m1/s1. The zero-order valence-electron chi connectivity index (χ0n) is 16.2. The Balaban J connectivity index is 1.44. The lowest BCUT2D eigenvalue weighted by molar-refractivity contribution is -0.150. The molecule has 0 spiro atoms. The third kappa shape index (κ3) is 3.94. The number of amides is 1. The third-order valence-electron chi connectivity index (χ3n) is 5.56. The van der Waals surface area contributed by atoms with Crippen LogP contribution in [-0.4, -0.2) is 77.7 Å². The molecule has 2 aliphatic rings. The van der Waals surface area contributed by atoms with E-state index in [9.17, 15) is 9.59 Å². The molecule has 3 heterocycles. The molecule has 1 aromatic carbocycles. The molecule has 2 saturated heterocycles. The van der Waals surface area contributed by atoms with Gasteiger partial charge >= 0.3 is 0 Å². The number of rotatable bonds is 5. The summed E-state index contributed by atoms with van der Waals surface area (Å²) < 4.78 is 5.79. The summed E-state index contributed by atoms with van der Waals surface area (Å²) in [5.74, 6) is 0.688. The molecule has 0 saturated carbocycles. The van der Waals surface area contributed by atoms with Crippen LogP contribution in [0, 0.1) is 0 Å². The number of para-hydroxylation sites is 1. The van der Waals surface area contributed by atoms with Crippen LogP contribution in [0.5, 0.6) is 0 Å². The minimum atomic E-state index is -0.460. The van der Waals surface area contributed by atoms with E-state index in [4.69, 9.17) is 4.74 Å². The van der Waals surface area contributed by atoms with Gasteiger partial charge < -0.3 is 19.9 Å². The van der Waals surface area contributed by atoms with Crippen LogP contribution in [0.3, 0.4) is 0 Å². The van der Waals surface area contributed by atoms with Crippen LogP contribution < -0.4 is 10.9 Å². The van der Waals surface area contributed by atoms with Crippen molar-refractivity contribution in [1.82, 2.24) is 25.1 Å². The van der Waals surface area contributed by atoms with Crippen molar-refractivity contribution in [2.24, 2.45) is 0 Å². The molecular weight excluding hydrogens is 358 g/mol. The lowest BCUT2D eigenvalue weighted by atomic mass is 10.2. The monoisotopic (exact) mass is 385 g/mol. The third-order valence-corrected chi connectivity index (χ3v) is 5.56. The van der Waals surface area contributed by atoms with Gasteiger partial charge in [0.25, 0.3) is 11.5 Å². The SMILES string of the molecule is CNC[C@H]1CCCN1C(=O)[C@H]1CN(Cc2nc3ccccc3c(=O)[nH]2)CCO1. The molecule has 1 amide bonds. The van der Waals surface area contributed by atoms with Crippen molar-refractivity contribution in [3.63, 3.8) is 0 Å². The van der Waals surface area contributed by atoms with Crippen LogP contribution in [-0.2, 0) is 16.1 Å². The molecule has 2 N–H and O–H groups in total. The van der Waals surface area contributed by atoms with Crippen LogP contribution in [0.1, 0.15) is 18.7 Å². The number of H-pyrrole nitrogens is 1. The number of nitrogens with zero attached hydrogens (tertiary/aromatic N) is 3. The summed E-state index contributed by atoms with van der Waals surface area (Å²) in [6.07, 6.45) is 1.61. The summed E-state index contributed by atoms with van der Waals surface area (Å²) >= 11 is 0. The van der Waals surface area contributed by atoms with Gasteiger partial charge in [-0.05, 0) is 32.0 Å². The zero-order chi connectivity index (χ0) is 19.5. The second-order valence-electron chi connectivity index (χ2n) is 7.51. The minimum Gasteiger partial charge on any atom is -0.366 e. The van der Waals surface area contributed by atoms with E-state index in [1.165, 1.54) is 0 Å². The smallest absolute Gasteiger partial charge is 0.258 e. The summed E-state index contributed by atoms with van der Waals surface area (Å²) in [5, 5.41) is 3.76. The van der Waals surface area contributed by atoms with E-state index in [2.05, 4.69) is 20.2 Å². The van der Waals surface area contributed by atoms with Gasteiger partial charge in [-0.3, -0.25) is 14.5 Å². The molecule has 0 radical (unpaired) electrons. The molecule has 1 aromatic heterocycles. The van der Waals surface area contributed by atoms with Crippen LogP contribution in [0.4, 0.5) is 0 Å². The number of likely N-dealkylation sites (tertiary alicyclic amines) is 1. The van der Waals surface area contributed by atoms with Gasteiger partial charge in [0.2, 0.25) is 0 Å². The van der Waals surface area contributed by atoms with E-state index in [1.807, 2.05) is 30.1 Å². The largest absolute Gasteiger partial charge is 0.366 e. The fraction of sp³-hybridized carbons (Fsp3) is 0.550. The lowest BCUT2D eigenvalue weighted by Crippen LogP contribution is -2.53. The molecule has 2 atom stereocenters. The first-order chi connectivity index (χ1) is 13.7. The fourth-order valence-electron chi connectivity index (χ4n) is 4.18. The zero-order valence-corrected chi connectivity index (χ0v) is 16.2. The molecule has 0 bridgehead atoms. The van der Waals surface area contributed by atoms with E-state index in [-0.39, 0.29) is 17.5 Å². The van der Waals surface area contributed by atoms with E-state index in [0.717, 1.165) is 25.9 Å². The first-order valence-electron chi connectivity index (χ1n) is 9.92. The molecular formula is C20H27N5O3. The van der Waals surface area contributed by atoms with E-state index >= 15 is 0 Å². The summed E-state index contributed by atoms with van der Waals surface area (Å²) in [7, 11) is 1.91. The van der Waals surface area contributed by atoms with Crippen molar-refractivity contribution in [3.8, 4) is 0 Å². The second kappa shape index (κ2) is 8.38. The molecule has 8 heteroatoms. The average Bonchev–Trinajstić information content (AvgIpc) is 3.16. The number of nitrogens with one attached hydrogen (secondary N) is 2. The van der Waals surface area contributed by atoms with E-state index in [1.54, 1.807) is 6.07 Å². The van der Waals surface area contributed by atoms with Crippen molar-refractivity contribution in [3.05, 3.63) is 40.4 Å². The van der Waals surface area contributed by atoms with Gasteiger partial charge in [-0.2, -0.15) is 0 Å². The van der Waals surface area contributed by atoms with Crippen LogP contribution in [0.25, 0.3) is 10.9 Å². The Bertz CT molecular complexity index is 899. The molecule has 4 rings (SSSR count). The number of carbonyl (C=O) groups excluding carboxylic acids is 1. The molecule has 0 aliphatic carbocycles. The van der Waals surface area contributed by atoms with Gasteiger partial charge in [-0.25, -0.2) is 4.98 Å². The van der Waals surface area contributed by atoms with Crippen molar-refractivity contribution in [2.45, 2.75) is 31.5 Å². The number of hydrogen-bond donors (Lipinski definition) is 2. The van der Waals surface area contributed by atoms with Crippen molar-refractivity contribution >= 4 is 16.8 Å². The topological polar surface area (TPSA) is 90.6 Å². The van der Waals surface area contributed by atoms with Gasteiger partial charge in [0.05, 0.1) is 24.1 Å². The molecule has 2 aliphatic heterocycles. The van der Waals surface area contributed by atoms with Gasteiger partial charge in [0.1, 0.15) is 11.9 Å². The van der Waals surface area contributed by atoms with Crippen molar-refractivity contribution < 1.29 is 9.53 Å². The number of hydrogen-bond acceptors (Lipinski definition) is 6. The van der Waals surface area contributed by atoms with Crippen LogP contribution in [0.2, 0.25) is 0 Å². The maximum Gasteiger partial charge on any atom is 0.258 e. The Morgan fingerprint density at radius 2 is 2.21 bits per heavy atom. The summed E-state index contributed by atoms with van der Waals surface area (Å²) in [6.45, 7) is 3.82. The van der Waals surface area contributed by atoms with E-state index < -0.39 is 6.10 Å². The summed E-state index contributed by atoms with van der Waals surface area (Å²) in [6, 6.07) is 7.56. The Kier molecular flexibility index (Phi) is 5.70. The number of benzene rings is 1. The van der Waals surface area contributed by atoms with Crippen molar-refractivity contribution in [2.75, 3.05) is 39.8 Å². The second-order valence-corrected chi connectivity index (χ2v) is 7.51. The van der Waals surface area contributed by atoms with Gasteiger partial charge in [0, 0.05) is 32.2 Å². The Hall–Kier alpha value is -2.29. The number of carbonyl (C=O) groups is 1. The predicted octanol–water partition coefficient (Wildman–Crippen LogP) is 0.334. The summed E-state index contributed by atoms with van der Waals surface area (Å²) in [5.41, 5.74) is 0.558. The minimum absolute atomic E-state index is 0.0717. The number of aromatic nitrogens is 2. The quantitative estimate of drug-likeness (QED) is 0.771. The lowest BCUT2D eigenvalue weighted by Gasteiger charge is -2.35. The molecule has 28 heavy (non-hydrogen) atoms. The number of ether oxygens (including phenoxy) is 1. The Labute approximate surface area is 163 Å². The molecule has 2 fully saturated rings. The first-order valence-corrected chi connectivity index (χ1v) is 9.92. The normalized spacial score (nSPS) is 23.4. The highest BCUT2D eigenvalue weighted by Crippen LogP contribution is 2.20. The van der Waals surface area contributed by atoms with Gasteiger partial charge in [-0.1, -0.05) is 12.1 Å². The highest BCUT2D eigenvalue weighted by Gasteiger charge is 2.35. The Morgan fingerprint density at radius 1 is 1.36 bits per heavy atom. The Morgan fingerprint density at radius 3 is 3.07 bits per heavy atom. The molecule has 8 nitrogen and oxygen atoms in total. The average molecular weight is 385 g/mol. The van der Waals surface area contributed by atoms with Gasteiger partial charge in [0.15, 0.2) is 0 Å².